The number of hydrogen-bond donors (Lipinski definition) is 1. The molecule has 0 fully saturated rings. The van der Waals surface area contributed by atoms with Crippen molar-refractivity contribution in [1.29, 1.82) is 0 Å². The van der Waals surface area contributed by atoms with E-state index in [0.717, 1.165) is 6.07 Å². The molecule has 0 aliphatic heterocycles. The van der Waals surface area contributed by atoms with Crippen molar-refractivity contribution in [3.8, 4) is 0 Å². The normalized spacial score (nSPS) is 10.8. The molecule has 0 radical (unpaired) electrons. The third-order valence-corrected chi connectivity index (χ3v) is 2.87. The first-order valence-corrected chi connectivity index (χ1v) is 5.12. The summed E-state index contributed by atoms with van der Waals surface area (Å²) in [4.78, 5) is -0.325. The molecule has 14 heavy (non-hydrogen) atoms. The van der Waals surface area contributed by atoms with Crippen molar-refractivity contribution in [2.75, 3.05) is 5.73 Å². The fourth-order valence-electron chi connectivity index (χ4n) is 0.938. The molecule has 7 heteroatoms. The SMILES string of the molecule is Cc1cc(Cl)c(N)cc1S(=O)(=O)[O-].[K+]. The summed E-state index contributed by atoms with van der Waals surface area (Å²) in [5, 5.41) is 0.241. The minimum absolute atomic E-state index is 0. The van der Waals surface area contributed by atoms with Gasteiger partial charge in [0.1, 0.15) is 10.1 Å². The topological polar surface area (TPSA) is 83.2 Å². The van der Waals surface area contributed by atoms with Crippen molar-refractivity contribution < 1.29 is 64.4 Å². The number of anilines is 1. The van der Waals surface area contributed by atoms with Crippen LogP contribution >= 0.6 is 11.6 Å². The Labute approximate surface area is 130 Å². The summed E-state index contributed by atoms with van der Waals surface area (Å²) in [7, 11) is -4.46. The van der Waals surface area contributed by atoms with Gasteiger partial charge in [-0.1, -0.05) is 11.6 Å². The first kappa shape index (κ1) is 14.9. The summed E-state index contributed by atoms with van der Waals surface area (Å²) in [6, 6.07) is 2.42. The number of aryl methyl sites for hydroxylation is 1. The van der Waals surface area contributed by atoms with Crippen LogP contribution in [-0.4, -0.2) is 13.0 Å². The second kappa shape index (κ2) is 5.27. The van der Waals surface area contributed by atoms with Gasteiger partial charge >= 0.3 is 51.4 Å². The Kier molecular flexibility index (Phi) is 5.59. The zero-order valence-electron chi connectivity index (χ0n) is 7.74. The van der Waals surface area contributed by atoms with E-state index >= 15 is 0 Å². The molecular formula is C7H7ClKNO3S. The number of hydrogen-bond acceptors (Lipinski definition) is 4. The van der Waals surface area contributed by atoms with E-state index in [1.165, 1.54) is 13.0 Å². The van der Waals surface area contributed by atoms with E-state index in [1.807, 2.05) is 0 Å². The van der Waals surface area contributed by atoms with Crippen LogP contribution in [-0.2, 0) is 10.1 Å². The summed E-state index contributed by atoms with van der Waals surface area (Å²) in [5.41, 5.74) is 5.74. The molecule has 1 aromatic rings. The van der Waals surface area contributed by atoms with Gasteiger partial charge in [-0.2, -0.15) is 0 Å². The Morgan fingerprint density at radius 1 is 1.43 bits per heavy atom. The molecule has 0 aliphatic rings. The zero-order valence-corrected chi connectivity index (χ0v) is 12.4. The van der Waals surface area contributed by atoms with Gasteiger partial charge in [-0.3, -0.25) is 0 Å². The minimum atomic E-state index is -4.46. The van der Waals surface area contributed by atoms with Crippen molar-refractivity contribution in [3.63, 3.8) is 0 Å². The number of benzene rings is 1. The molecule has 0 heterocycles. The quantitative estimate of drug-likeness (QED) is 0.364. The third kappa shape index (κ3) is 3.46. The monoisotopic (exact) mass is 259 g/mol. The number of nitrogen functional groups attached to an aromatic ring is 1. The number of rotatable bonds is 1. The molecule has 0 unspecified atom stereocenters. The molecule has 2 N–H and O–H groups in total. The first-order valence-electron chi connectivity index (χ1n) is 3.34. The molecule has 0 aliphatic carbocycles. The van der Waals surface area contributed by atoms with E-state index in [0.29, 0.717) is 5.56 Å². The molecule has 0 atom stereocenters. The summed E-state index contributed by atoms with van der Waals surface area (Å²) in [6.07, 6.45) is 0. The molecule has 1 rings (SSSR count). The van der Waals surface area contributed by atoms with Crippen LogP contribution in [0.15, 0.2) is 17.0 Å². The van der Waals surface area contributed by atoms with E-state index in [9.17, 15) is 13.0 Å². The van der Waals surface area contributed by atoms with Gasteiger partial charge in [0.15, 0.2) is 0 Å². The predicted molar refractivity (Wildman–Crippen MR) is 48.6 cm³/mol. The first-order chi connectivity index (χ1) is 5.82. The molecule has 0 saturated carbocycles. The van der Waals surface area contributed by atoms with Crippen LogP contribution in [0.2, 0.25) is 5.02 Å². The molecule has 0 bridgehead atoms. The number of halogens is 1. The zero-order chi connectivity index (χ0) is 10.2. The van der Waals surface area contributed by atoms with Gasteiger partial charge in [-0.05, 0) is 24.6 Å². The van der Waals surface area contributed by atoms with Gasteiger partial charge in [0, 0.05) is 0 Å². The summed E-state index contributed by atoms with van der Waals surface area (Å²) < 4.78 is 32.0. The Hall–Kier alpha value is 0.856. The van der Waals surface area contributed by atoms with Crippen molar-refractivity contribution >= 4 is 27.4 Å². The second-order valence-electron chi connectivity index (χ2n) is 2.59. The van der Waals surface area contributed by atoms with Crippen molar-refractivity contribution in [2.24, 2.45) is 0 Å². The molecule has 0 saturated heterocycles. The smallest absolute Gasteiger partial charge is 0.744 e. The van der Waals surface area contributed by atoms with Crippen LogP contribution in [0.25, 0.3) is 0 Å². The summed E-state index contributed by atoms with van der Waals surface area (Å²) >= 11 is 5.61. The van der Waals surface area contributed by atoms with Gasteiger partial charge in [0.25, 0.3) is 0 Å². The predicted octanol–water partition coefficient (Wildman–Crippen LogP) is -1.86. The largest absolute Gasteiger partial charge is 1.00 e. The van der Waals surface area contributed by atoms with Crippen LogP contribution in [0.3, 0.4) is 0 Å². The van der Waals surface area contributed by atoms with Gasteiger partial charge in [0.2, 0.25) is 0 Å². The Balaban J connectivity index is 0.00000169. The van der Waals surface area contributed by atoms with Crippen LogP contribution in [0.4, 0.5) is 5.69 Å². The molecule has 0 spiro atoms. The van der Waals surface area contributed by atoms with Gasteiger partial charge in [-0.15, -0.1) is 0 Å². The Morgan fingerprint density at radius 3 is 2.36 bits per heavy atom. The van der Waals surface area contributed by atoms with Crippen LogP contribution in [0, 0.1) is 6.92 Å². The van der Waals surface area contributed by atoms with Crippen LogP contribution in [0.1, 0.15) is 5.56 Å². The average Bonchev–Trinajstić information content (AvgIpc) is 1.94. The standard InChI is InChI=1S/C7H8ClNO3S.K/c1-4-2-5(8)6(9)3-7(4)13(10,11)12;/h2-3H,9H2,1H3,(H,10,11,12);/q;+1/p-1. The van der Waals surface area contributed by atoms with Crippen LogP contribution in [0.5, 0.6) is 0 Å². The third-order valence-electron chi connectivity index (χ3n) is 1.56. The maximum atomic E-state index is 10.7. The van der Waals surface area contributed by atoms with Gasteiger partial charge in [-0.25, -0.2) is 8.42 Å². The van der Waals surface area contributed by atoms with E-state index in [4.69, 9.17) is 17.3 Å². The molecule has 0 aromatic heterocycles. The van der Waals surface area contributed by atoms with Crippen molar-refractivity contribution in [2.45, 2.75) is 11.8 Å². The summed E-state index contributed by atoms with van der Waals surface area (Å²) in [5.74, 6) is 0. The Bertz CT molecular complexity index is 446. The fourth-order valence-corrected chi connectivity index (χ4v) is 1.88. The van der Waals surface area contributed by atoms with Gasteiger partial charge < -0.3 is 10.3 Å². The number of nitrogens with two attached hydrogens (primary N) is 1. The van der Waals surface area contributed by atoms with E-state index in [2.05, 4.69) is 0 Å². The van der Waals surface area contributed by atoms with Crippen molar-refractivity contribution in [3.05, 3.63) is 22.7 Å². The second-order valence-corrected chi connectivity index (χ2v) is 4.35. The molecular weight excluding hydrogens is 253 g/mol. The fraction of sp³-hybridized carbons (Fsp3) is 0.143. The average molecular weight is 260 g/mol. The minimum Gasteiger partial charge on any atom is -0.744 e. The maximum Gasteiger partial charge on any atom is 1.00 e. The maximum absolute atomic E-state index is 10.7. The van der Waals surface area contributed by atoms with E-state index in [1.54, 1.807) is 0 Å². The van der Waals surface area contributed by atoms with E-state index < -0.39 is 10.1 Å². The molecule has 0 amide bonds. The van der Waals surface area contributed by atoms with Crippen molar-refractivity contribution in [1.82, 2.24) is 0 Å². The molecule has 4 nitrogen and oxygen atoms in total. The molecule has 72 valence electrons. The Morgan fingerprint density at radius 2 is 1.93 bits per heavy atom. The van der Waals surface area contributed by atoms with E-state index in [-0.39, 0.29) is 67.0 Å². The van der Waals surface area contributed by atoms with Gasteiger partial charge in [0.05, 0.1) is 15.6 Å². The summed E-state index contributed by atoms with van der Waals surface area (Å²) in [6.45, 7) is 1.48. The van der Waals surface area contributed by atoms with Crippen LogP contribution < -0.4 is 57.1 Å². The molecule has 1 aromatic carbocycles.